The summed E-state index contributed by atoms with van der Waals surface area (Å²) in [5.41, 5.74) is 6.63. The summed E-state index contributed by atoms with van der Waals surface area (Å²) in [5, 5.41) is 2.34. The molecule has 0 aliphatic rings. The van der Waals surface area contributed by atoms with E-state index in [4.69, 9.17) is 9.47 Å². The molecular formula is C23H25N3O2. The molecule has 28 heavy (non-hydrogen) atoms. The monoisotopic (exact) mass is 375 g/mol. The first kappa shape index (κ1) is 18.5. The van der Waals surface area contributed by atoms with Gasteiger partial charge < -0.3 is 18.9 Å². The maximum atomic E-state index is 5.53. The predicted molar refractivity (Wildman–Crippen MR) is 114 cm³/mol. The quantitative estimate of drug-likeness (QED) is 0.354. The first-order valence-corrected chi connectivity index (χ1v) is 9.33. The summed E-state index contributed by atoms with van der Waals surface area (Å²) in [5.74, 6) is 0. The lowest BCUT2D eigenvalue weighted by atomic mass is 10.1. The molecule has 5 nitrogen and oxygen atoms in total. The van der Waals surface area contributed by atoms with E-state index in [9.17, 15) is 0 Å². The zero-order valence-electron chi connectivity index (χ0n) is 16.8. The number of methoxy groups -OCH3 is 1. The smallest absolute Gasteiger partial charge is 0.146 e. The van der Waals surface area contributed by atoms with Crippen LogP contribution in [0.5, 0.6) is 0 Å². The Balaban J connectivity index is 1.73. The number of hydrogen-bond donors (Lipinski definition) is 0. The van der Waals surface area contributed by atoms with Gasteiger partial charge in [0, 0.05) is 54.6 Å². The Morgan fingerprint density at radius 1 is 1.07 bits per heavy atom. The lowest BCUT2D eigenvalue weighted by Gasteiger charge is -2.22. The van der Waals surface area contributed by atoms with E-state index in [0.717, 1.165) is 33.7 Å². The van der Waals surface area contributed by atoms with Crippen LogP contribution in [0.3, 0.4) is 0 Å². The molecule has 0 bridgehead atoms. The van der Waals surface area contributed by atoms with Crippen molar-refractivity contribution in [2.75, 3.05) is 25.9 Å². The van der Waals surface area contributed by atoms with Crippen molar-refractivity contribution in [3.05, 3.63) is 66.0 Å². The highest BCUT2D eigenvalue weighted by Gasteiger charge is 2.12. The molecule has 0 atom stereocenters. The first-order chi connectivity index (χ1) is 13.6. The van der Waals surface area contributed by atoms with Crippen molar-refractivity contribution in [2.24, 2.45) is 7.05 Å². The molecule has 0 amide bonds. The molecule has 0 aliphatic carbocycles. The van der Waals surface area contributed by atoms with E-state index in [1.165, 1.54) is 10.9 Å². The number of pyridine rings is 1. The summed E-state index contributed by atoms with van der Waals surface area (Å²) < 4.78 is 12.7. The van der Waals surface area contributed by atoms with E-state index in [2.05, 4.69) is 77.1 Å². The molecule has 0 unspecified atom stereocenters. The van der Waals surface area contributed by atoms with E-state index in [-0.39, 0.29) is 0 Å². The Kier molecular flexibility index (Phi) is 5.03. The Morgan fingerprint density at radius 2 is 1.89 bits per heavy atom. The second kappa shape index (κ2) is 7.62. The third kappa shape index (κ3) is 3.35. The molecule has 0 saturated heterocycles. The van der Waals surface area contributed by atoms with E-state index < -0.39 is 0 Å². The third-order valence-corrected chi connectivity index (χ3v) is 5.15. The Bertz CT molecular complexity index is 1130. The fourth-order valence-corrected chi connectivity index (χ4v) is 3.67. The van der Waals surface area contributed by atoms with Crippen molar-refractivity contribution in [3.8, 4) is 0 Å². The fourth-order valence-electron chi connectivity index (χ4n) is 3.67. The summed E-state index contributed by atoms with van der Waals surface area (Å²) in [6, 6.07) is 19.1. The molecular weight excluding hydrogens is 350 g/mol. The van der Waals surface area contributed by atoms with Crippen LogP contribution in [0, 0.1) is 6.92 Å². The average molecular weight is 375 g/mol. The number of benzene rings is 2. The minimum atomic E-state index is 0.296. The van der Waals surface area contributed by atoms with Crippen molar-refractivity contribution in [1.29, 1.82) is 0 Å². The highest BCUT2D eigenvalue weighted by Crippen LogP contribution is 2.33. The standard InChI is InChI=1S/C23H25N3O2/c1-16-11-23(20-7-5-6-8-21(20)24-16)25(2)18-9-10-22-17(12-18)13-19(26(22)3)14-28-15-27-4/h5-13H,14-15H2,1-4H3. The summed E-state index contributed by atoms with van der Waals surface area (Å²) in [6.45, 7) is 2.86. The van der Waals surface area contributed by atoms with Gasteiger partial charge in [-0.05, 0) is 43.3 Å². The fraction of sp³-hybridized carbons (Fsp3) is 0.261. The molecule has 5 heteroatoms. The van der Waals surface area contributed by atoms with Crippen molar-refractivity contribution in [1.82, 2.24) is 9.55 Å². The molecule has 2 heterocycles. The zero-order valence-corrected chi connectivity index (χ0v) is 16.8. The topological polar surface area (TPSA) is 39.5 Å². The number of rotatable bonds is 6. The van der Waals surface area contributed by atoms with Gasteiger partial charge in [-0.3, -0.25) is 4.98 Å². The summed E-state index contributed by atoms with van der Waals surface area (Å²) in [4.78, 5) is 6.89. The molecule has 0 N–H and O–H groups in total. The summed E-state index contributed by atoms with van der Waals surface area (Å²) >= 11 is 0. The van der Waals surface area contributed by atoms with Crippen molar-refractivity contribution < 1.29 is 9.47 Å². The van der Waals surface area contributed by atoms with Gasteiger partial charge in [-0.1, -0.05) is 18.2 Å². The van der Waals surface area contributed by atoms with Gasteiger partial charge in [-0.2, -0.15) is 0 Å². The predicted octanol–water partition coefficient (Wildman–Crippen LogP) is 4.92. The van der Waals surface area contributed by atoms with E-state index in [1.807, 2.05) is 13.0 Å². The number of hydrogen-bond acceptors (Lipinski definition) is 4. The molecule has 4 aromatic rings. The van der Waals surface area contributed by atoms with Gasteiger partial charge in [-0.15, -0.1) is 0 Å². The van der Waals surface area contributed by atoms with Crippen LogP contribution >= 0.6 is 0 Å². The molecule has 0 radical (unpaired) electrons. The van der Waals surface area contributed by atoms with Gasteiger partial charge in [-0.25, -0.2) is 0 Å². The van der Waals surface area contributed by atoms with Gasteiger partial charge in [0.05, 0.1) is 17.8 Å². The number of para-hydroxylation sites is 1. The van der Waals surface area contributed by atoms with Crippen LogP contribution < -0.4 is 4.90 Å². The van der Waals surface area contributed by atoms with Crippen molar-refractivity contribution in [3.63, 3.8) is 0 Å². The van der Waals surface area contributed by atoms with Crippen molar-refractivity contribution in [2.45, 2.75) is 13.5 Å². The molecule has 0 spiro atoms. The van der Waals surface area contributed by atoms with Crippen LogP contribution in [-0.4, -0.2) is 30.5 Å². The number of aromatic nitrogens is 2. The zero-order chi connectivity index (χ0) is 19.7. The van der Waals surface area contributed by atoms with Gasteiger partial charge in [0.2, 0.25) is 0 Å². The van der Waals surface area contributed by atoms with Crippen LogP contribution in [0.2, 0.25) is 0 Å². The maximum Gasteiger partial charge on any atom is 0.146 e. The van der Waals surface area contributed by atoms with E-state index in [1.54, 1.807) is 7.11 Å². The average Bonchev–Trinajstić information content (AvgIpc) is 3.02. The lowest BCUT2D eigenvalue weighted by molar-refractivity contribution is -0.0406. The van der Waals surface area contributed by atoms with Crippen LogP contribution in [-0.2, 0) is 23.1 Å². The molecule has 0 fully saturated rings. The highest BCUT2D eigenvalue weighted by molar-refractivity contribution is 5.95. The lowest BCUT2D eigenvalue weighted by Crippen LogP contribution is -2.10. The minimum Gasteiger partial charge on any atom is -0.359 e. The molecule has 144 valence electrons. The second-order valence-corrected chi connectivity index (χ2v) is 7.05. The molecule has 4 rings (SSSR count). The van der Waals surface area contributed by atoms with Gasteiger partial charge in [0.1, 0.15) is 6.79 Å². The largest absolute Gasteiger partial charge is 0.359 e. The molecule has 2 aromatic carbocycles. The summed E-state index contributed by atoms with van der Waals surface area (Å²) in [6.07, 6.45) is 0. The van der Waals surface area contributed by atoms with Gasteiger partial charge >= 0.3 is 0 Å². The molecule has 0 saturated carbocycles. The third-order valence-electron chi connectivity index (χ3n) is 5.15. The normalized spacial score (nSPS) is 11.4. The number of nitrogens with zero attached hydrogens (tertiary/aromatic N) is 3. The Labute approximate surface area is 165 Å². The number of anilines is 2. The van der Waals surface area contributed by atoms with Gasteiger partial charge in [0.25, 0.3) is 0 Å². The van der Waals surface area contributed by atoms with Crippen LogP contribution in [0.25, 0.3) is 21.8 Å². The number of fused-ring (bicyclic) bond motifs is 2. The van der Waals surface area contributed by atoms with Crippen LogP contribution in [0.4, 0.5) is 11.4 Å². The SMILES string of the molecule is COCOCc1cc2cc(N(C)c3cc(C)nc4ccccc34)ccc2n1C. The highest BCUT2D eigenvalue weighted by atomic mass is 16.7. The second-order valence-electron chi connectivity index (χ2n) is 7.05. The summed E-state index contributed by atoms with van der Waals surface area (Å²) in [7, 11) is 5.80. The van der Waals surface area contributed by atoms with Crippen molar-refractivity contribution >= 4 is 33.2 Å². The number of aryl methyl sites for hydroxylation is 2. The minimum absolute atomic E-state index is 0.296. The maximum absolute atomic E-state index is 5.53. The number of ether oxygens (including phenoxy) is 2. The molecule has 0 aliphatic heterocycles. The van der Waals surface area contributed by atoms with E-state index in [0.29, 0.717) is 13.4 Å². The van der Waals surface area contributed by atoms with Gasteiger partial charge in [0.15, 0.2) is 0 Å². The Morgan fingerprint density at radius 3 is 2.71 bits per heavy atom. The van der Waals surface area contributed by atoms with Crippen LogP contribution in [0.15, 0.2) is 54.6 Å². The molecule has 2 aromatic heterocycles. The first-order valence-electron chi connectivity index (χ1n) is 9.33. The Hall–Kier alpha value is -2.89. The van der Waals surface area contributed by atoms with E-state index >= 15 is 0 Å². The van der Waals surface area contributed by atoms with Crippen LogP contribution in [0.1, 0.15) is 11.4 Å².